The molecule has 4 heterocycles. The number of hydrogen-bond acceptors (Lipinski definition) is 7. The van der Waals surface area contributed by atoms with E-state index < -0.39 is 0 Å². The second-order valence-electron chi connectivity index (χ2n) is 10.0. The van der Waals surface area contributed by atoms with Crippen LogP contribution in [-0.4, -0.2) is 73.3 Å². The maximum atomic E-state index is 12.8. The van der Waals surface area contributed by atoms with Crippen molar-refractivity contribution in [2.24, 2.45) is 17.8 Å². The smallest absolute Gasteiger partial charge is 0.324 e. The number of hydrogen-bond donors (Lipinski definition) is 2. The highest BCUT2D eigenvalue weighted by Gasteiger charge is 2.29. The van der Waals surface area contributed by atoms with Gasteiger partial charge in [0.15, 0.2) is 0 Å². The number of nitrogens with zero attached hydrogens (tertiary/aromatic N) is 4. The quantitative estimate of drug-likeness (QED) is 0.622. The van der Waals surface area contributed by atoms with E-state index in [-0.39, 0.29) is 11.8 Å². The van der Waals surface area contributed by atoms with E-state index in [0.717, 1.165) is 63.6 Å². The van der Waals surface area contributed by atoms with E-state index in [9.17, 15) is 4.79 Å². The number of carbonyl (C=O) groups excluding carboxylic acids is 1. The topological polar surface area (TPSA) is 86.5 Å². The molecule has 3 saturated heterocycles. The lowest BCUT2D eigenvalue weighted by molar-refractivity contribution is -0.125. The molecular formula is C25H35ClN6O2. The van der Waals surface area contributed by atoms with Crippen molar-refractivity contribution in [2.45, 2.75) is 32.1 Å². The molecule has 184 valence electrons. The first-order valence-corrected chi connectivity index (χ1v) is 13.1. The minimum atomic E-state index is 0.0562. The van der Waals surface area contributed by atoms with Gasteiger partial charge in [-0.15, -0.1) is 0 Å². The fraction of sp³-hybridized carbons (Fsp3) is 0.640. The average molecular weight is 487 g/mol. The first-order valence-electron chi connectivity index (χ1n) is 12.7. The van der Waals surface area contributed by atoms with E-state index in [0.29, 0.717) is 22.8 Å². The zero-order valence-electron chi connectivity index (χ0n) is 19.7. The molecule has 1 aromatic carbocycles. The largest absolute Gasteiger partial charge is 0.356 e. The summed E-state index contributed by atoms with van der Waals surface area (Å²) < 4.78 is 5.49. The van der Waals surface area contributed by atoms with Crippen molar-refractivity contribution in [1.29, 1.82) is 0 Å². The van der Waals surface area contributed by atoms with Crippen molar-refractivity contribution in [3.8, 4) is 11.4 Å². The first-order chi connectivity index (χ1) is 16.6. The number of halogens is 1. The molecule has 1 amide bonds. The van der Waals surface area contributed by atoms with Crippen LogP contribution in [0.1, 0.15) is 32.1 Å². The minimum absolute atomic E-state index is 0.0562. The van der Waals surface area contributed by atoms with Crippen LogP contribution < -0.4 is 15.5 Å². The molecule has 0 spiro atoms. The maximum Gasteiger partial charge on any atom is 0.324 e. The van der Waals surface area contributed by atoms with E-state index in [1.54, 1.807) is 0 Å². The summed E-state index contributed by atoms with van der Waals surface area (Å²) in [6.45, 7) is 8.09. The van der Waals surface area contributed by atoms with Gasteiger partial charge in [0.1, 0.15) is 0 Å². The third kappa shape index (κ3) is 5.90. The molecular weight excluding hydrogens is 452 g/mol. The number of likely N-dealkylation sites (tertiary alicyclic amines) is 1. The van der Waals surface area contributed by atoms with Crippen LogP contribution in [-0.2, 0) is 4.79 Å². The van der Waals surface area contributed by atoms with Crippen LogP contribution in [0, 0.1) is 17.8 Å². The molecule has 9 heteroatoms. The number of nitrogens with one attached hydrogen (secondary N) is 2. The zero-order valence-corrected chi connectivity index (χ0v) is 20.5. The Labute approximate surface area is 206 Å². The molecule has 34 heavy (non-hydrogen) atoms. The van der Waals surface area contributed by atoms with Crippen molar-refractivity contribution in [3.63, 3.8) is 0 Å². The number of anilines is 1. The molecule has 3 aliphatic heterocycles. The predicted molar refractivity (Wildman–Crippen MR) is 133 cm³/mol. The zero-order chi connectivity index (χ0) is 23.3. The third-order valence-corrected chi connectivity index (χ3v) is 7.76. The molecule has 0 saturated carbocycles. The molecule has 0 radical (unpaired) electrons. The monoisotopic (exact) mass is 486 g/mol. The molecule has 8 nitrogen and oxygen atoms in total. The summed E-state index contributed by atoms with van der Waals surface area (Å²) >= 11 is 5.96. The lowest BCUT2D eigenvalue weighted by Crippen LogP contribution is -2.42. The molecule has 5 rings (SSSR count). The molecule has 3 fully saturated rings. The number of benzene rings is 1. The SMILES string of the molecule is O=C(NC[C@H]1CCN(C[C@@H]2CCCNC2)C1)C1CCN(c2nc(-c3ccc(Cl)cc3)no2)CC1. The molecule has 0 bridgehead atoms. The van der Waals surface area contributed by atoms with Crippen LogP contribution in [0.3, 0.4) is 0 Å². The van der Waals surface area contributed by atoms with Gasteiger partial charge in [-0.2, -0.15) is 4.98 Å². The normalized spacial score (nSPS) is 24.4. The van der Waals surface area contributed by atoms with Gasteiger partial charge in [0.25, 0.3) is 0 Å². The van der Waals surface area contributed by atoms with Crippen molar-refractivity contribution in [1.82, 2.24) is 25.7 Å². The van der Waals surface area contributed by atoms with Gasteiger partial charge in [-0.25, -0.2) is 0 Å². The Bertz CT molecular complexity index is 937. The highest BCUT2D eigenvalue weighted by atomic mass is 35.5. The molecule has 0 aliphatic carbocycles. The van der Waals surface area contributed by atoms with Crippen LogP contribution in [0.15, 0.2) is 28.8 Å². The minimum Gasteiger partial charge on any atom is -0.356 e. The third-order valence-electron chi connectivity index (χ3n) is 7.50. The maximum absolute atomic E-state index is 12.8. The molecule has 2 N–H and O–H groups in total. The van der Waals surface area contributed by atoms with Gasteiger partial charge in [-0.3, -0.25) is 4.79 Å². The van der Waals surface area contributed by atoms with Gasteiger partial charge in [-0.1, -0.05) is 16.8 Å². The molecule has 2 aromatic rings. The van der Waals surface area contributed by atoms with E-state index in [2.05, 4.69) is 30.6 Å². The Morgan fingerprint density at radius 2 is 1.94 bits per heavy atom. The lowest BCUT2D eigenvalue weighted by Gasteiger charge is -2.30. The second-order valence-corrected chi connectivity index (χ2v) is 10.5. The summed E-state index contributed by atoms with van der Waals surface area (Å²) in [5.74, 6) is 2.17. The standard InChI is InChI=1S/C25H35ClN6O2/c26-22-5-3-20(4-6-22)23-29-25(34-30-23)32-12-8-21(9-13-32)24(33)28-15-19-7-11-31(17-19)16-18-2-1-10-27-14-18/h3-6,18-19,21,27H,1-2,7-17H2,(H,28,33)/t18-,19-/m1/s1. The highest BCUT2D eigenvalue weighted by molar-refractivity contribution is 6.30. The van der Waals surface area contributed by atoms with Crippen LogP contribution in [0.5, 0.6) is 0 Å². The van der Waals surface area contributed by atoms with E-state index in [1.807, 2.05) is 24.3 Å². The van der Waals surface area contributed by atoms with Crippen molar-refractivity contribution in [2.75, 3.05) is 57.3 Å². The summed E-state index contributed by atoms with van der Waals surface area (Å²) in [4.78, 5) is 22.0. The highest BCUT2D eigenvalue weighted by Crippen LogP contribution is 2.26. The second kappa shape index (κ2) is 11.1. The molecule has 3 aliphatic rings. The summed E-state index contributed by atoms with van der Waals surface area (Å²) in [7, 11) is 0. The number of aromatic nitrogens is 2. The fourth-order valence-corrected chi connectivity index (χ4v) is 5.60. The van der Waals surface area contributed by atoms with Crippen LogP contribution in [0.25, 0.3) is 11.4 Å². The lowest BCUT2D eigenvalue weighted by atomic mass is 9.96. The Morgan fingerprint density at radius 3 is 2.71 bits per heavy atom. The number of rotatable bonds is 7. The Hall–Kier alpha value is -2.16. The summed E-state index contributed by atoms with van der Waals surface area (Å²) in [6.07, 6.45) is 5.43. The molecule has 1 aromatic heterocycles. The summed E-state index contributed by atoms with van der Waals surface area (Å²) in [5.41, 5.74) is 0.870. The Balaban J connectivity index is 1.03. The van der Waals surface area contributed by atoms with Crippen LogP contribution in [0.4, 0.5) is 6.01 Å². The number of carbonyl (C=O) groups is 1. The Kier molecular flexibility index (Phi) is 7.67. The van der Waals surface area contributed by atoms with Crippen molar-refractivity contribution in [3.05, 3.63) is 29.3 Å². The first kappa shape index (κ1) is 23.6. The van der Waals surface area contributed by atoms with E-state index >= 15 is 0 Å². The van der Waals surface area contributed by atoms with Crippen LogP contribution in [0.2, 0.25) is 5.02 Å². The summed E-state index contributed by atoms with van der Waals surface area (Å²) in [5, 5.41) is 11.5. The molecule has 2 atom stereocenters. The predicted octanol–water partition coefficient (Wildman–Crippen LogP) is 3.04. The van der Waals surface area contributed by atoms with E-state index in [1.165, 1.54) is 32.4 Å². The van der Waals surface area contributed by atoms with Gasteiger partial charge in [0.2, 0.25) is 11.7 Å². The fourth-order valence-electron chi connectivity index (χ4n) is 5.47. The van der Waals surface area contributed by atoms with Gasteiger partial charge in [0, 0.05) is 49.2 Å². The van der Waals surface area contributed by atoms with Gasteiger partial charge in [-0.05, 0) is 87.8 Å². The van der Waals surface area contributed by atoms with Crippen molar-refractivity contribution >= 4 is 23.5 Å². The van der Waals surface area contributed by atoms with Gasteiger partial charge < -0.3 is 25.0 Å². The number of amides is 1. The van der Waals surface area contributed by atoms with Gasteiger partial charge in [0.05, 0.1) is 0 Å². The van der Waals surface area contributed by atoms with Crippen LogP contribution >= 0.6 is 11.6 Å². The number of piperidine rings is 2. The summed E-state index contributed by atoms with van der Waals surface area (Å²) in [6, 6.07) is 7.90. The average Bonchev–Trinajstić information content (AvgIpc) is 3.54. The van der Waals surface area contributed by atoms with E-state index in [4.69, 9.17) is 16.1 Å². The van der Waals surface area contributed by atoms with Crippen molar-refractivity contribution < 1.29 is 9.32 Å². The Morgan fingerprint density at radius 1 is 1.12 bits per heavy atom. The van der Waals surface area contributed by atoms with Gasteiger partial charge >= 0.3 is 6.01 Å². The molecule has 0 unspecified atom stereocenters.